The van der Waals surface area contributed by atoms with Crippen molar-refractivity contribution in [2.75, 3.05) is 11.5 Å². The molecule has 24 heavy (non-hydrogen) atoms. The van der Waals surface area contributed by atoms with E-state index in [-0.39, 0.29) is 6.04 Å². The van der Waals surface area contributed by atoms with Gasteiger partial charge in [-0.25, -0.2) is 4.74 Å². The van der Waals surface area contributed by atoms with Crippen LogP contribution in [0.4, 0.5) is 11.4 Å². The molecule has 0 saturated heterocycles. The minimum absolute atomic E-state index is 0.170. The highest BCUT2D eigenvalue weighted by molar-refractivity contribution is 5.93. The Labute approximate surface area is 141 Å². The number of allylic oxidation sites excluding steroid dienone is 3. The van der Waals surface area contributed by atoms with E-state index in [0.717, 1.165) is 18.1 Å². The standard InChI is InChI=1S/C19H23N3O2/c20-14-3-8-17(21)19(11-14)24-16-6-4-15(5-7-16)22(23)18-10-12-1-2-13(18)9-12/h3-4,6-8,11-13,18H,1-2,5,9-10,20-21H2/b22-15-/t12-,13?,18?/m1/s1. The largest absolute Gasteiger partial charge is 0.623 e. The second kappa shape index (κ2) is 5.89. The van der Waals surface area contributed by atoms with Crippen LogP contribution < -0.4 is 16.2 Å². The molecule has 0 heterocycles. The minimum Gasteiger partial charge on any atom is -0.623 e. The van der Waals surface area contributed by atoms with E-state index in [1.165, 1.54) is 24.0 Å². The first kappa shape index (κ1) is 15.1. The summed E-state index contributed by atoms with van der Waals surface area (Å²) in [4.78, 5) is 0. The second-order valence-corrected chi connectivity index (χ2v) is 7.10. The Kier molecular flexibility index (Phi) is 3.71. The maximum atomic E-state index is 12.7. The van der Waals surface area contributed by atoms with Crippen molar-refractivity contribution in [1.29, 1.82) is 0 Å². The van der Waals surface area contributed by atoms with Gasteiger partial charge >= 0.3 is 0 Å². The van der Waals surface area contributed by atoms with Crippen LogP contribution in [0, 0.1) is 17.0 Å². The molecule has 2 unspecified atom stereocenters. The molecule has 126 valence electrons. The van der Waals surface area contributed by atoms with Crippen LogP contribution in [0.2, 0.25) is 0 Å². The number of anilines is 2. The molecule has 1 aromatic rings. The number of nitrogens with zero attached hydrogens (tertiary/aromatic N) is 1. The highest BCUT2D eigenvalue weighted by Crippen LogP contribution is 2.45. The van der Waals surface area contributed by atoms with Crippen LogP contribution in [0.5, 0.6) is 5.75 Å². The molecule has 3 aliphatic carbocycles. The molecule has 5 heteroatoms. The molecular weight excluding hydrogens is 302 g/mol. The summed E-state index contributed by atoms with van der Waals surface area (Å²) >= 11 is 0. The van der Waals surface area contributed by atoms with Crippen LogP contribution in [0.25, 0.3) is 0 Å². The summed E-state index contributed by atoms with van der Waals surface area (Å²) in [6.07, 6.45) is 11.0. The van der Waals surface area contributed by atoms with E-state index in [2.05, 4.69) is 0 Å². The molecule has 0 radical (unpaired) electrons. The lowest BCUT2D eigenvalue weighted by molar-refractivity contribution is -0.510. The lowest BCUT2D eigenvalue weighted by Gasteiger charge is -2.23. The van der Waals surface area contributed by atoms with Crippen LogP contribution in [-0.4, -0.2) is 16.5 Å². The summed E-state index contributed by atoms with van der Waals surface area (Å²) in [6, 6.07) is 5.34. The van der Waals surface area contributed by atoms with Gasteiger partial charge in [0.15, 0.2) is 17.5 Å². The van der Waals surface area contributed by atoms with Gasteiger partial charge in [0.2, 0.25) is 0 Å². The van der Waals surface area contributed by atoms with Crippen molar-refractivity contribution < 1.29 is 9.48 Å². The molecule has 4 N–H and O–H groups in total. The molecule has 0 spiro atoms. The monoisotopic (exact) mass is 325 g/mol. The quantitative estimate of drug-likeness (QED) is 0.386. The van der Waals surface area contributed by atoms with Gasteiger partial charge in [-0.05, 0) is 49.5 Å². The van der Waals surface area contributed by atoms with E-state index >= 15 is 0 Å². The number of nitrogen functional groups attached to an aromatic ring is 2. The summed E-state index contributed by atoms with van der Waals surface area (Å²) in [5.41, 5.74) is 13.6. The average molecular weight is 325 g/mol. The average Bonchev–Trinajstić information content (AvgIpc) is 3.21. The van der Waals surface area contributed by atoms with Crippen molar-refractivity contribution in [2.45, 2.75) is 38.1 Å². The van der Waals surface area contributed by atoms with Crippen LogP contribution in [0.3, 0.4) is 0 Å². The van der Waals surface area contributed by atoms with Crippen LogP contribution in [0.15, 0.2) is 42.2 Å². The van der Waals surface area contributed by atoms with Crippen molar-refractivity contribution >= 4 is 17.1 Å². The van der Waals surface area contributed by atoms with E-state index in [0.29, 0.717) is 35.2 Å². The van der Waals surface area contributed by atoms with Crippen LogP contribution in [0.1, 0.15) is 32.1 Å². The number of hydrogen-bond donors (Lipinski definition) is 2. The third-order valence-corrected chi connectivity index (χ3v) is 5.50. The smallest absolute Gasteiger partial charge is 0.191 e. The molecule has 2 fully saturated rings. The predicted molar refractivity (Wildman–Crippen MR) is 95.6 cm³/mol. The van der Waals surface area contributed by atoms with E-state index in [1.54, 1.807) is 18.2 Å². The maximum Gasteiger partial charge on any atom is 0.191 e. The molecule has 5 nitrogen and oxygen atoms in total. The van der Waals surface area contributed by atoms with E-state index in [9.17, 15) is 5.21 Å². The van der Waals surface area contributed by atoms with Gasteiger partial charge in [-0.1, -0.05) is 0 Å². The Bertz CT molecular complexity index is 751. The molecule has 1 aromatic carbocycles. The molecule has 0 amide bonds. The predicted octanol–water partition coefficient (Wildman–Crippen LogP) is 3.21. The molecule has 2 saturated carbocycles. The van der Waals surface area contributed by atoms with E-state index in [1.807, 2.05) is 18.2 Å². The fourth-order valence-corrected chi connectivity index (χ4v) is 4.24. The Hall–Kier alpha value is -2.43. The zero-order valence-electron chi connectivity index (χ0n) is 13.7. The molecule has 3 atom stereocenters. The summed E-state index contributed by atoms with van der Waals surface area (Å²) in [5, 5.41) is 12.7. The zero-order valence-corrected chi connectivity index (χ0v) is 13.7. The second-order valence-electron chi connectivity index (χ2n) is 7.10. The van der Waals surface area contributed by atoms with Crippen molar-refractivity contribution in [3.63, 3.8) is 0 Å². The van der Waals surface area contributed by atoms with Crippen molar-refractivity contribution in [1.82, 2.24) is 0 Å². The third-order valence-electron chi connectivity index (χ3n) is 5.50. The molecule has 0 aromatic heterocycles. The van der Waals surface area contributed by atoms with Gasteiger partial charge in [-0.15, -0.1) is 0 Å². The number of fused-ring (bicyclic) bond motifs is 2. The molecular formula is C19H23N3O2. The Morgan fingerprint density at radius 3 is 2.67 bits per heavy atom. The number of hydrogen-bond acceptors (Lipinski definition) is 4. The van der Waals surface area contributed by atoms with Gasteiger partial charge in [-0.3, -0.25) is 0 Å². The first-order chi connectivity index (χ1) is 11.6. The van der Waals surface area contributed by atoms with E-state index in [4.69, 9.17) is 16.2 Å². The third kappa shape index (κ3) is 2.75. The SMILES string of the molecule is Nc1ccc(N)c(OC2=CC/C(=[N+](\[O-])C3C[C@@H]4CCC3C4)C=C2)c1. The van der Waals surface area contributed by atoms with E-state index < -0.39 is 0 Å². The summed E-state index contributed by atoms with van der Waals surface area (Å²) < 4.78 is 7.06. The number of ether oxygens (including phenoxy) is 1. The fraction of sp³-hybridized carbons (Fsp3) is 0.421. The van der Waals surface area contributed by atoms with Gasteiger partial charge in [0, 0.05) is 30.2 Å². The maximum absolute atomic E-state index is 12.7. The van der Waals surface area contributed by atoms with Crippen molar-refractivity contribution in [3.05, 3.63) is 47.4 Å². The Morgan fingerprint density at radius 2 is 2.00 bits per heavy atom. The number of rotatable bonds is 3. The Morgan fingerprint density at radius 1 is 1.12 bits per heavy atom. The Balaban J connectivity index is 1.46. The summed E-state index contributed by atoms with van der Waals surface area (Å²) in [7, 11) is 0. The van der Waals surface area contributed by atoms with Crippen LogP contribution >= 0.6 is 0 Å². The lowest BCUT2D eigenvalue weighted by Crippen LogP contribution is -2.31. The summed E-state index contributed by atoms with van der Waals surface area (Å²) in [5.74, 6) is 2.59. The first-order valence-corrected chi connectivity index (χ1v) is 8.63. The van der Waals surface area contributed by atoms with Gasteiger partial charge < -0.3 is 21.4 Å². The highest BCUT2D eigenvalue weighted by atomic mass is 16.5. The molecule has 3 aliphatic rings. The molecule has 2 bridgehead atoms. The summed E-state index contributed by atoms with van der Waals surface area (Å²) in [6.45, 7) is 0. The topological polar surface area (TPSA) is 87.3 Å². The first-order valence-electron chi connectivity index (χ1n) is 8.63. The minimum atomic E-state index is 0.170. The van der Waals surface area contributed by atoms with Gasteiger partial charge in [0.05, 0.1) is 12.1 Å². The number of hydroxylamine groups is 1. The van der Waals surface area contributed by atoms with Crippen molar-refractivity contribution in [2.24, 2.45) is 11.8 Å². The molecule has 4 rings (SSSR count). The molecule has 0 aliphatic heterocycles. The zero-order chi connectivity index (χ0) is 16.7. The van der Waals surface area contributed by atoms with Crippen LogP contribution in [-0.2, 0) is 0 Å². The number of benzene rings is 1. The fourth-order valence-electron chi connectivity index (χ4n) is 4.24. The number of nitrogens with two attached hydrogens (primary N) is 2. The van der Waals surface area contributed by atoms with Gasteiger partial charge in [0.1, 0.15) is 5.76 Å². The van der Waals surface area contributed by atoms with Crippen molar-refractivity contribution in [3.8, 4) is 5.75 Å². The van der Waals surface area contributed by atoms with Gasteiger partial charge in [0.25, 0.3) is 0 Å². The lowest BCUT2D eigenvalue weighted by atomic mass is 9.95. The normalized spacial score (nSPS) is 30.3. The highest BCUT2D eigenvalue weighted by Gasteiger charge is 2.44. The van der Waals surface area contributed by atoms with Gasteiger partial charge in [-0.2, -0.15) is 0 Å².